The highest BCUT2D eigenvalue weighted by molar-refractivity contribution is 5.76. The van der Waals surface area contributed by atoms with Gasteiger partial charge in [-0.25, -0.2) is 0 Å². The fourth-order valence-corrected chi connectivity index (χ4v) is 3.48. The minimum atomic E-state index is 0.167. The summed E-state index contributed by atoms with van der Waals surface area (Å²) in [6, 6.07) is 10.6. The van der Waals surface area contributed by atoms with E-state index in [9.17, 15) is 4.79 Å². The van der Waals surface area contributed by atoms with Crippen molar-refractivity contribution in [2.24, 2.45) is 5.92 Å². The second-order valence-electron chi connectivity index (χ2n) is 6.76. The average molecular weight is 332 g/mol. The van der Waals surface area contributed by atoms with Gasteiger partial charge in [0.1, 0.15) is 0 Å². The van der Waals surface area contributed by atoms with Gasteiger partial charge in [-0.05, 0) is 18.9 Å². The number of amides is 1. The van der Waals surface area contributed by atoms with Crippen molar-refractivity contribution in [3.8, 4) is 0 Å². The van der Waals surface area contributed by atoms with Crippen LogP contribution < -0.4 is 5.32 Å². The Hall–Kier alpha value is -1.43. The van der Waals surface area contributed by atoms with Crippen LogP contribution in [0.2, 0.25) is 0 Å². The number of nitrogens with zero attached hydrogens (tertiary/aromatic N) is 1. The molecule has 0 saturated carbocycles. The summed E-state index contributed by atoms with van der Waals surface area (Å²) in [7, 11) is 0. The summed E-state index contributed by atoms with van der Waals surface area (Å²) >= 11 is 0. The molecule has 0 aromatic heterocycles. The lowest BCUT2D eigenvalue weighted by Gasteiger charge is -2.28. The van der Waals surface area contributed by atoms with Crippen molar-refractivity contribution in [2.75, 3.05) is 39.5 Å². The molecule has 1 aromatic carbocycles. The van der Waals surface area contributed by atoms with Crippen LogP contribution >= 0.6 is 0 Å². The third kappa shape index (κ3) is 4.56. The molecule has 24 heavy (non-hydrogen) atoms. The number of carbonyl (C=O) groups excluding carboxylic acids is 1. The standard InChI is InChI=1S/C19H28N2O3/c1-15(13-18(22)21-8-11-23-12-9-21)20-14-17-7-10-24-19(17)16-5-3-2-4-6-16/h2-6,15,17,19-20H,7-14H2,1H3/t15-,17-,19+/m1/s1. The molecule has 3 rings (SSSR count). The van der Waals surface area contributed by atoms with Crippen molar-refractivity contribution in [2.45, 2.75) is 31.9 Å². The summed E-state index contributed by atoms with van der Waals surface area (Å²) in [4.78, 5) is 14.2. The van der Waals surface area contributed by atoms with Crippen molar-refractivity contribution in [1.82, 2.24) is 10.2 Å². The molecule has 3 atom stereocenters. The molecule has 2 fully saturated rings. The maximum atomic E-state index is 12.3. The zero-order valence-corrected chi connectivity index (χ0v) is 14.4. The topological polar surface area (TPSA) is 50.8 Å². The van der Waals surface area contributed by atoms with Crippen molar-refractivity contribution in [1.29, 1.82) is 0 Å². The van der Waals surface area contributed by atoms with Crippen LogP contribution in [-0.4, -0.2) is 56.3 Å². The van der Waals surface area contributed by atoms with Gasteiger partial charge in [0.15, 0.2) is 0 Å². The summed E-state index contributed by atoms with van der Waals surface area (Å²) in [6.45, 7) is 6.55. The number of carbonyl (C=O) groups is 1. The molecule has 0 unspecified atom stereocenters. The molecule has 2 aliphatic heterocycles. The van der Waals surface area contributed by atoms with Gasteiger partial charge >= 0.3 is 0 Å². The Morgan fingerprint density at radius 2 is 2.00 bits per heavy atom. The van der Waals surface area contributed by atoms with Crippen LogP contribution in [0.4, 0.5) is 0 Å². The van der Waals surface area contributed by atoms with E-state index in [4.69, 9.17) is 9.47 Å². The zero-order valence-electron chi connectivity index (χ0n) is 14.4. The number of ether oxygens (including phenoxy) is 2. The van der Waals surface area contributed by atoms with Crippen LogP contribution in [0.25, 0.3) is 0 Å². The van der Waals surface area contributed by atoms with E-state index in [1.54, 1.807) is 0 Å². The largest absolute Gasteiger partial charge is 0.378 e. The van der Waals surface area contributed by atoms with Gasteiger partial charge in [-0.15, -0.1) is 0 Å². The maximum Gasteiger partial charge on any atom is 0.224 e. The predicted octanol–water partition coefficient (Wildman–Crippen LogP) is 1.99. The number of rotatable bonds is 6. The number of hydrogen-bond donors (Lipinski definition) is 1. The van der Waals surface area contributed by atoms with E-state index in [-0.39, 0.29) is 18.1 Å². The molecule has 5 heteroatoms. The molecule has 2 aliphatic rings. The second kappa shape index (κ2) is 8.60. The van der Waals surface area contributed by atoms with Crippen LogP contribution in [0.1, 0.15) is 31.4 Å². The molecule has 1 aromatic rings. The molecule has 0 bridgehead atoms. The monoisotopic (exact) mass is 332 g/mol. The van der Waals surface area contributed by atoms with Gasteiger partial charge in [0.25, 0.3) is 0 Å². The fraction of sp³-hybridized carbons (Fsp3) is 0.632. The Morgan fingerprint density at radius 1 is 1.25 bits per heavy atom. The van der Waals surface area contributed by atoms with E-state index in [2.05, 4.69) is 36.5 Å². The summed E-state index contributed by atoms with van der Waals surface area (Å²) in [5.74, 6) is 0.689. The van der Waals surface area contributed by atoms with Crippen molar-refractivity contribution >= 4 is 5.91 Å². The van der Waals surface area contributed by atoms with Crippen LogP contribution in [0.3, 0.4) is 0 Å². The number of hydrogen-bond acceptors (Lipinski definition) is 4. The number of benzene rings is 1. The highest BCUT2D eigenvalue weighted by Gasteiger charge is 2.29. The van der Waals surface area contributed by atoms with E-state index in [0.29, 0.717) is 25.6 Å². The smallest absolute Gasteiger partial charge is 0.224 e. The first kappa shape index (κ1) is 17.4. The van der Waals surface area contributed by atoms with Gasteiger partial charge in [0, 0.05) is 44.6 Å². The molecule has 2 heterocycles. The Morgan fingerprint density at radius 3 is 2.75 bits per heavy atom. The van der Waals surface area contributed by atoms with Gasteiger partial charge in [-0.3, -0.25) is 4.79 Å². The van der Waals surface area contributed by atoms with Gasteiger partial charge in [0.05, 0.1) is 19.3 Å². The second-order valence-corrected chi connectivity index (χ2v) is 6.76. The number of morpholine rings is 1. The first-order valence-corrected chi connectivity index (χ1v) is 8.99. The Balaban J connectivity index is 1.45. The summed E-state index contributed by atoms with van der Waals surface area (Å²) in [5.41, 5.74) is 1.25. The Labute approximate surface area is 144 Å². The summed E-state index contributed by atoms with van der Waals surface area (Å²) in [6.07, 6.45) is 1.78. The summed E-state index contributed by atoms with van der Waals surface area (Å²) < 4.78 is 11.2. The minimum Gasteiger partial charge on any atom is -0.378 e. The third-order valence-corrected chi connectivity index (χ3v) is 4.92. The van der Waals surface area contributed by atoms with Gasteiger partial charge in [0.2, 0.25) is 5.91 Å². The van der Waals surface area contributed by atoms with E-state index in [1.807, 2.05) is 11.0 Å². The van der Waals surface area contributed by atoms with Crippen molar-refractivity contribution < 1.29 is 14.3 Å². The Kier molecular flexibility index (Phi) is 6.24. The van der Waals surface area contributed by atoms with E-state index >= 15 is 0 Å². The average Bonchev–Trinajstić information content (AvgIpc) is 3.10. The van der Waals surface area contributed by atoms with Gasteiger partial charge in [-0.1, -0.05) is 30.3 Å². The normalized spacial score (nSPS) is 25.6. The fourth-order valence-electron chi connectivity index (χ4n) is 3.48. The zero-order chi connectivity index (χ0) is 16.8. The molecular formula is C19H28N2O3. The molecule has 1 amide bonds. The van der Waals surface area contributed by atoms with Crippen molar-refractivity contribution in [3.63, 3.8) is 0 Å². The predicted molar refractivity (Wildman–Crippen MR) is 92.7 cm³/mol. The first-order chi connectivity index (χ1) is 11.7. The Bertz CT molecular complexity index is 517. The highest BCUT2D eigenvalue weighted by atomic mass is 16.5. The molecule has 1 N–H and O–H groups in total. The lowest BCUT2D eigenvalue weighted by atomic mass is 9.95. The number of nitrogens with one attached hydrogen (secondary N) is 1. The molecule has 5 nitrogen and oxygen atoms in total. The van der Waals surface area contributed by atoms with Crippen LogP contribution in [-0.2, 0) is 14.3 Å². The minimum absolute atomic E-state index is 0.167. The van der Waals surface area contributed by atoms with E-state index in [0.717, 1.165) is 32.7 Å². The van der Waals surface area contributed by atoms with E-state index in [1.165, 1.54) is 5.56 Å². The lowest BCUT2D eigenvalue weighted by Crippen LogP contribution is -2.43. The molecule has 2 saturated heterocycles. The molecule has 0 radical (unpaired) electrons. The maximum absolute atomic E-state index is 12.3. The van der Waals surface area contributed by atoms with Gasteiger partial charge < -0.3 is 19.7 Å². The molecule has 132 valence electrons. The molecular weight excluding hydrogens is 304 g/mol. The van der Waals surface area contributed by atoms with Crippen LogP contribution in [0.15, 0.2) is 30.3 Å². The van der Waals surface area contributed by atoms with Crippen LogP contribution in [0.5, 0.6) is 0 Å². The quantitative estimate of drug-likeness (QED) is 0.866. The molecule has 0 aliphatic carbocycles. The lowest BCUT2D eigenvalue weighted by molar-refractivity contribution is -0.135. The third-order valence-electron chi connectivity index (χ3n) is 4.92. The summed E-state index contributed by atoms with van der Waals surface area (Å²) in [5, 5.41) is 3.54. The first-order valence-electron chi connectivity index (χ1n) is 8.99. The van der Waals surface area contributed by atoms with Crippen LogP contribution in [0, 0.1) is 5.92 Å². The van der Waals surface area contributed by atoms with Gasteiger partial charge in [-0.2, -0.15) is 0 Å². The molecule has 0 spiro atoms. The van der Waals surface area contributed by atoms with Crippen molar-refractivity contribution in [3.05, 3.63) is 35.9 Å². The SMILES string of the molecule is C[C@H](CC(=O)N1CCOCC1)NC[C@H]1CCO[C@H]1c1ccccc1. The highest BCUT2D eigenvalue weighted by Crippen LogP contribution is 2.33. The van der Waals surface area contributed by atoms with E-state index < -0.39 is 0 Å².